The fraction of sp³-hybridized carbons (Fsp3) is 1.00. The van der Waals surface area contributed by atoms with Crippen molar-refractivity contribution in [2.24, 2.45) is 0 Å². The van der Waals surface area contributed by atoms with Crippen molar-refractivity contribution in [1.82, 2.24) is 0 Å². The minimum atomic E-state index is -3.91. The molecule has 0 amide bonds. The zero-order valence-electron chi connectivity index (χ0n) is 7.00. The van der Waals surface area contributed by atoms with Gasteiger partial charge in [0.2, 0.25) is 0 Å². The second-order valence-electron chi connectivity index (χ2n) is 1.69. The number of hydrogen-bond acceptors (Lipinski definition) is 6. The molecule has 0 aliphatic heterocycles. The molecular formula is C4H10O6PtS2. The maximum Gasteiger partial charge on any atom is 2.00 e. The van der Waals surface area contributed by atoms with Gasteiger partial charge in [-0.1, -0.05) is 13.8 Å². The van der Waals surface area contributed by atoms with Crippen LogP contribution in [0.25, 0.3) is 0 Å². The van der Waals surface area contributed by atoms with Gasteiger partial charge >= 0.3 is 21.1 Å². The van der Waals surface area contributed by atoms with E-state index in [9.17, 15) is 25.9 Å². The molecule has 0 unspecified atom stereocenters. The van der Waals surface area contributed by atoms with Gasteiger partial charge in [0.1, 0.15) is 0 Å². The van der Waals surface area contributed by atoms with Gasteiger partial charge < -0.3 is 9.11 Å². The topological polar surface area (TPSA) is 114 Å². The maximum absolute atomic E-state index is 9.44. The molecule has 0 radical (unpaired) electrons. The van der Waals surface area contributed by atoms with Crippen LogP contribution >= 0.6 is 0 Å². The quantitative estimate of drug-likeness (QED) is 0.542. The summed E-state index contributed by atoms with van der Waals surface area (Å²) in [4.78, 5) is 0. The van der Waals surface area contributed by atoms with E-state index >= 15 is 0 Å². The molecule has 6 nitrogen and oxygen atoms in total. The predicted molar refractivity (Wildman–Crippen MR) is 40.5 cm³/mol. The Morgan fingerprint density at radius 3 is 0.923 bits per heavy atom. The predicted octanol–water partition coefficient (Wildman–Crippen LogP) is -0.899. The normalized spacial score (nSPS) is 10.8. The second kappa shape index (κ2) is 7.87. The first-order valence-electron chi connectivity index (χ1n) is 2.99. The van der Waals surface area contributed by atoms with E-state index < -0.39 is 20.2 Å². The van der Waals surface area contributed by atoms with Gasteiger partial charge in [0.25, 0.3) is 0 Å². The van der Waals surface area contributed by atoms with Crippen LogP contribution in [0.1, 0.15) is 13.8 Å². The van der Waals surface area contributed by atoms with Gasteiger partial charge in [0.15, 0.2) is 0 Å². The third kappa shape index (κ3) is 32.6. The fourth-order valence-electron chi connectivity index (χ4n) is 0. The van der Waals surface area contributed by atoms with Gasteiger partial charge in [-0.05, 0) is 0 Å². The Bertz CT molecular complexity index is 259. The summed E-state index contributed by atoms with van der Waals surface area (Å²) in [5.41, 5.74) is 0. The van der Waals surface area contributed by atoms with E-state index in [-0.39, 0.29) is 32.6 Å². The molecule has 0 aliphatic carbocycles. The van der Waals surface area contributed by atoms with Crippen molar-refractivity contribution in [3.63, 3.8) is 0 Å². The second-order valence-corrected chi connectivity index (χ2v) is 5.08. The minimum Gasteiger partial charge on any atom is -0.748 e. The summed E-state index contributed by atoms with van der Waals surface area (Å²) >= 11 is 0. The molecule has 0 saturated heterocycles. The maximum atomic E-state index is 9.44. The van der Waals surface area contributed by atoms with E-state index in [4.69, 9.17) is 0 Å². The molecule has 0 rings (SSSR count). The van der Waals surface area contributed by atoms with Crippen molar-refractivity contribution in [3.05, 3.63) is 0 Å². The van der Waals surface area contributed by atoms with E-state index in [0.29, 0.717) is 0 Å². The van der Waals surface area contributed by atoms with E-state index in [0.717, 1.165) is 0 Å². The Hall–Kier alpha value is 0.508. The van der Waals surface area contributed by atoms with Gasteiger partial charge in [-0.25, -0.2) is 16.8 Å². The van der Waals surface area contributed by atoms with Crippen molar-refractivity contribution >= 4 is 20.2 Å². The van der Waals surface area contributed by atoms with Crippen molar-refractivity contribution in [1.29, 1.82) is 0 Å². The largest absolute Gasteiger partial charge is 2.00 e. The van der Waals surface area contributed by atoms with Crippen LogP contribution in [0.2, 0.25) is 0 Å². The van der Waals surface area contributed by atoms with Crippen LogP contribution in [-0.2, 0) is 41.3 Å². The first-order valence-corrected chi connectivity index (χ1v) is 6.15. The summed E-state index contributed by atoms with van der Waals surface area (Å²) < 4.78 is 56.7. The van der Waals surface area contributed by atoms with Crippen molar-refractivity contribution < 1.29 is 47.0 Å². The zero-order valence-corrected chi connectivity index (χ0v) is 10.9. The zero-order chi connectivity index (χ0) is 10.4. The van der Waals surface area contributed by atoms with E-state index in [1.54, 1.807) is 0 Å². The molecule has 0 aromatic carbocycles. The molecular weight excluding hydrogens is 403 g/mol. The molecule has 0 spiro atoms. The molecule has 0 heterocycles. The van der Waals surface area contributed by atoms with Crippen LogP contribution in [0, 0.1) is 0 Å². The molecule has 13 heavy (non-hydrogen) atoms. The van der Waals surface area contributed by atoms with E-state index in [2.05, 4.69) is 0 Å². The molecule has 9 heteroatoms. The smallest absolute Gasteiger partial charge is 0.748 e. The summed E-state index contributed by atoms with van der Waals surface area (Å²) in [5, 5.41) is 0. The van der Waals surface area contributed by atoms with Crippen LogP contribution in [0.5, 0.6) is 0 Å². The third-order valence-corrected chi connectivity index (χ3v) is 2.12. The standard InChI is InChI=1S/2C2H6O3S.Pt/c2*1-2-6(3,4)5;/h2*2H2,1H3,(H,3,4,5);/q;;+2/p-2. The molecule has 84 valence electrons. The van der Waals surface area contributed by atoms with Gasteiger partial charge in [-0.15, -0.1) is 0 Å². The Morgan fingerprint density at radius 1 is 0.846 bits per heavy atom. The van der Waals surface area contributed by atoms with Crippen molar-refractivity contribution in [2.75, 3.05) is 11.5 Å². The monoisotopic (exact) mass is 413 g/mol. The molecule has 0 aromatic rings. The third-order valence-electron chi connectivity index (χ3n) is 0.707. The first-order chi connectivity index (χ1) is 5.12. The van der Waals surface area contributed by atoms with Gasteiger partial charge in [0, 0.05) is 11.5 Å². The number of hydrogen-bond donors (Lipinski definition) is 0. The molecule has 0 N–H and O–H groups in total. The van der Waals surface area contributed by atoms with E-state index in [1.165, 1.54) is 13.8 Å². The Kier molecular flexibility index (Phi) is 11.6. The van der Waals surface area contributed by atoms with Gasteiger partial charge in [-0.3, -0.25) is 0 Å². The van der Waals surface area contributed by atoms with Crippen molar-refractivity contribution in [2.45, 2.75) is 13.8 Å². The molecule has 0 saturated carbocycles. The average Bonchev–Trinajstić information content (AvgIpc) is 1.86. The molecule has 0 aliphatic rings. The molecule has 0 atom stereocenters. The Morgan fingerprint density at radius 2 is 0.923 bits per heavy atom. The SMILES string of the molecule is CCS(=O)(=O)[O-].CCS(=O)(=O)[O-].[Pt+2]. The fourth-order valence-corrected chi connectivity index (χ4v) is 0. The first kappa shape index (κ1) is 19.1. The Labute approximate surface area is 92.5 Å². The summed E-state index contributed by atoms with van der Waals surface area (Å²) in [6.07, 6.45) is 0. The van der Waals surface area contributed by atoms with Crippen molar-refractivity contribution in [3.8, 4) is 0 Å². The molecule has 0 fully saturated rings. The summed E-state index contributed by atoms with van der Waals surface area (Å²) in [5.74, 6) is -0.625. The molecule has 0 bridgehead atoms. The van der Waals surface area contributed by atoms with Crippen LogP contribution in [-0.4, -0.2) is 37.4 Å². The van der Waals surface area contributed by atoms with Crippen LogP contribution in [0.4, 0.5) is 0 Å². The molecule has 0 aromatic heterocycles. The van der Waals surface area contributed by atoms with Gasteiger partial charge in [-0.2, -0.15) is 0 Å². The minimum absolute atomic E-state index is 0. The Balaban J connectivity index is -0.000000143. The van der Waals surface area contributed by atoms with E-state index in [1.807, 2.05) is 0 Å². The average molecular weight is 413 g/mol. The van der Waals surface area contributed by atoms with Crippen LogP contribution in [0.3, 0.4) is 0 Å². The summed E-state index contributed by atoms with van der Waals surface area (Å²) in [6.45, 7) is 2.62. The van der Waals surface area contributed by atoms with Crippen LogP contribution < -0.4 is 0 Å². The number of rotatable bonds is 2. The van der Waals surface area contributed by atoms with Crippen LogP contribution in [0.15, 0.2) is 0 Å². The summed E-state index contributed by atoms with van der Waals surface area (Å²) in [6, 6.07) is 0. The summed E-state index contributed by atoms with van der Waals surface area (Å²) in [7, 11) is -7.82. The van der Waals surface area contributed by atoms with Gasteiger partial charge in [0.05, 0.1) is 20.2 Å².